The first-order valence-electron chi connectivity index (χ1n) is 5.80. The van der Waals surface area contributed by atoms with E-state index in [9.17, 15) is 33.3 Å². The summed E-state index contributed by atoms with van der Waals surface area (Å²) in [6.07, 6.45) is -11.5. The molecule has 2 aliphatic heterocycles. The first kappa shape index (κ1) is 16.0. The van der Waals surface area contributed by atoms with Crippen molar-refractivity contribution < 1.29 is 43.1 Å². The summed E-state index contributed by atoms with van der Waals surface area (Å²) in [4.78, 5) is 11.6. The van der Waals surface area contributed by atoms with Crippen LogP contribution in [0, 0.1) is 0 Å². The Balaban J connectivity index is 2.32. The molecule has 0 spiro atoms. The molecule has 0 bridgehead atoms. The second kappa shape index (κ2) is 5.10. The third-order valence-corrected chi connectivity index (χ3v) is 3.38. The number of hydrogen-bond donors (Lipinski definition) is 5. The van der Waals surface area contributed by atoms with E-state index >= 15 is 0 Å². The maximum atomic E-state index is 13.0. The van der Waals surface area contributed by atoms with Crippen molar-refractivity contribution in [3.63, 3.8) is 0 Å². The van der Waals surface area contributed by atoms with Crippen LogP contribution in [0.1, 0.15) is 0 Å². The maximum Gasteiger partial charge on any atom is 0.422 e. The Morgan fingerprint density at radius 2 is 2.00 bits per heavy atom. The molecule has 5 N–H and O–H groups in total. The van der Waals surface area contributed by atoms with Crippen LogP contribution in [0.15, 0.2) is 12.3 Å². The van der Waals surface area contributed by atoms with E-state index in [4.69, 9.17) is 5.11 Å². The Labute approximate surface area is 116 Å². The van der Waals surface area contributed by atoms with E-state index < -0.39 is 49.1 Å². The van der Waals surface area contributed by atoms with Crippen molar-refractivity contribution in [3.8, 4) is 0 Å². The van der Waals surface area contributed by atoms with E-state index in [-0.39, 0.29) is 0 Å². The van der Waals surface area contributed by atoms with Gasteiger partial charge in [0.1, 0.15) is 12.2 Å². The van der Waals surface area contributed by atoms with Crippen molar-refractivity contribution in [3.05, 3.63) is 12.3 Å². The highest BCUT2D eigenvalue weighted by molar-refractivity contribution is 5.88. The number of alkyl halides is 3. The third kappa shape index (κ3) is 2.36. The molecule has 1 amide bonds. The lowest BCUT2D eigenvalue weighted by Gasteiger charge is -2.36. The highest BCUT2D eigenvalue weighted by Gasteiger charge is 2.69. The Hall–Kier alpha value is -1.40. The smallest absolute Gasteiger partial charge is 0.393 e. The molecule has 21 heavy (non-hydrogen) atoms. The van der Waals surface area contributed by atoms with Gasteiger partial charge in [-0.1, -0.05) is 0 Å². The molecule has 2 heterocycles. The number of carbonyl (C=O) groups excluding carboxylic acids is 1. The van der Waals surface area contributed by atoms with Crippen molar-refractivity contribution in [2.24, 2.45) is 0 Å². The molecule has 11 heteroatoms. The molecule has 1 unspecified atom stereocenters. The van der Waals surface area contributed by atoms with Crippen molar-refractivity contribution in [1.82, 2.24) is 10.2 Å². The average Bonchev–Trinajstić information content (AvgIpc) is 2.63. The van der Waals surface area contributed by atoms with Crippen LogP contribution in [0.2, 0.25) is 0 Å². The second-order valence-electron chi connectivity index (χ2n) is 4.63. The first-order chi connectivity index (χ1) is 9.64. The van der Waals surface area contributed by atoms with E-state index in [0.717, 1.165) is 12.3 Å². The summed E-state index contributed by atoms with van der Waals surface area (Å²) in [5.41, 5.74) is -3.38. The zero-order valence-corrected chi connectivity index (χ0v) is 10.4. The fourth-order valence-corrected chi connectivity index (χ4v) is 2.19. The highest BCUT2D eigenvalue weighted by Crippen LogP contribution is 2.44. The van der Waals surface area contributed by atoms with Gasteiger partial charge >= 0.3 is 6.18 Å². The molecule has 0 aromatic rings. The molecule has 1 saturated heterocycles. The summed E-state index contributed by atoms with van der Waals surface area (Å²) in [5.74, 6) is -0.698. The molecular weight excluding hydrogens is 301 g/mol. The number of ether oxygens (including phenoxy) is 1. The minimum atomic E-state index is -5.16. The summed E-state index contributed by atoms with van der Waals surface area (Å²) in [6.45, 7) is -1.62. The van der Waals surface area contributed by atoms with Crippen LogP contribution < -0.4 is 5.32 Å². The summed E-state index contributed by atoms with van der Waals surface area (Å²) < 4.78 is 43.7. The van der Waals surface area contributed by atoms with Crippen LogP contribution in [0.4, 0.5) is 13.2 Å². The van der Waals surface area contributed by atoms with Gasteiger partial charge in [0.05, 0.1) is 6.61 Å². The van der Waals surface area contributed by atoms with Gasteiger partial charge in [0.25, 0.3) is 0 Å². The Morgan fingerprint density at radius 1 is 1.38 bits per heavy atom. The van der Waals surface area contributed by atoms with Crippen LogP contribution in [0.3, 0.4) is 0 Å². The standard InChI is InChI=1S/C10H13F3N2O6/c11-10(12,13)9(3-16)6(19)5(18)7(21-9)15-2-1-4(17)14-8(15)20/h1-2,5-8,16,18-20H,3H2,(H,14,17)/t5-,6+,7-,8?,9-/m1/s1. The Bertz CT molecular complexity index is 459. The minimum absolute atomic E-state index is 0.679. The number of halogens is 3. The molecule has 8 nitrogen and oxygen atoms in total. The Morgan fingerprint density at radius 3 is 2.43 bits per heavy atom. The zero-order valence-electron chi connectivity index (χ0n) is 10.4. The monoisotopic (exact) mass is 314 g/mol. The van der Waals surface area contributed by atoms with Crippen molar-refractivity contribution >= 4 is 5.91 Å². The van der Waals surface area contributed by atoms with Crippen LogP contribution >= 0.6 is 0 Å². The first-order valence-corrected chi connectivity index (χ1v) is 5.80. The predicted molar refractivity (Wildman–Crippen MR) is 57.9 cm³/mol. The third-order valence-electron chi connectivity index (χ3n) is 3.38. The van der Waals surface area contributed by atoms with E-state index in [1.165, 1.54) is 0 Å². The van der Waals surface area contributed by atoms with Gasteiger partial charge in [-0.25, -0.2) is 0 Å². The van der Waals surface area contributed by atoms with Gasteiger partial charge in [0, 0.05) is 12.3 Å². The van der Waals surface area contributed by atoms with E-state index in [2.05, 4.69) is 4.74 Å². The average molecular weight is 314 g/mol. The molecule has 120 valence electrons. The minimum Gasteiger partial charge on any atom is -0.393 e. The predicted octanol–water partition coefficient (Wildman–Crippen LogP) is -2.42. The molecule has 5 atom stereocenters. The number of aliphatic hydroxyl groups is 4. The quantitative estimate of drug-likeness (QED) is 0.384. The van der Waals surface area contributed by atoms with Gasteiger partial charge in [-0.05, 0) is 0 Å². The molecular formula is C10H13F3N2O6. The number of carbonyl (C=O) groups is 1. The van der Waals surface area contributed by atoms with Gasteiger partial charge in [0.15, 0.2) is 6.23 Å². The molecule has 1 fully saturated rings. The number of aliphatic hydroxyl groups excluding tert-OH is 4. The lowest BCUT2D eigenvalue weighted by Crippen LogP contribution is -2.57. The largest absolute Gasteiger partial charge is 0.422 e. The molecule has 0 saturated carbocycles. The summed E-state index contributed by atoms with van der Waals surface area (Å²) in [6, 6.07) is 0. The van der Waals surface area contributed by atoms with Crippen LogP contribution in [-0.4, -0.2) is 74.4 Å². The summed E-state index contributed by atoms with van der Waals surface area (Å²) in [5, 5.41) is 39.9. The Kier molecular flexibility index (Phi) is 3.88. The molecule has 0 aliphatic carbocycles. The molecule has 0 radical (unpaired) electrons. The second-order valence-corrected chi connectivity index (χ2v) is 4.63. The van der Waals surface area contributed by atoms with E-state index in [1.807, 2.05) is 5.32 Å². The summed E-state index contributed by atoms with van der Waals surface area (Å²) >= 11 is 0. The zero-order chi connectivity index (χ0) is 16.0. The maximum absolute atomic E-state index is 13.0. The van der Waals surface area contributed by atoms with Crippen molar-refractivity contribution in [1.29, 1.82) is 0 Å². The van der Waals surface area contributed by atoms with Crippen LogP contribution in [-0.2, 0) is 9.53 Å². The molecule has 2 aliphatic rings. The number of amides is 1. The fraction of sp³-hybridized carbons (Fsp3) is 0.700. The summed E-state index contributed by atoms with van der Waals surface area (Å²) in [7, 11) is 0. The number of nitrogens with one attached hydrogen (secondary N) is 1. The topological polar surface area (TPSA) is 122 Å². The SMILES string of the molecule is O=C1C=CN([C@@H]2O[C@@](CO)(C(F)(F)F)[C@@H](O)[C@H]2O)C(O)N1. The lowest BCUT2D eigenvalue weighted by atomic mass is 9.95. The normalized spacial score (nSPS) is 40.5. The van der Waals surface area contributed by atoms with Crippen molar-refractivity contribution in [2.75, 3.05) is 6.61 Å². The van der Waals surface area contributed by atoms with Gasteiger partial charge in [-0.2, -0.15) is 13.2 Å². The number of hydrogen-bond acceptors (Lipinski definition) is 7. The molecule has 0 aromatic heterocycles. The van der Waals surface area contributed by atoms with E-state index in [1.54, 1.807) is 0 Å². The number of rotatable bonds is 2. The van der Waals surface area contributed by atoms with E-state index in [0.29, 0.717) is 4.90 Å². The number of nitrogens with zero attached hydrogens (tertiary/aromatic N) is 1. The van der Waals surface area contributed by atoms with Crippen molar-refractivity contribution in [2.45, 2.75) is 36.6 Å². The molecule has 2 rings (SSSR count). The van der Waals surface area contributed by atoms with Crippen LogP contribution in [0.5, 0.6) is 0 Å². The van der Waals surface area contributed by atoms with Crippen LogP contribution in [0.25, 0.3) is 0 Å². The van der Waals surface area contributed by atoms with Gasteiger partial charge < -0.3 is 35.4 Å². The highest BCUT2D eigenvalue weighted by atomic mass is 19.4. The fourth-order valence-electron chi connectivity index (χ4n) is 2.19. The lowest BCUT2D eigenvalue weighted by molar-refractivity contribution is -0.310. The van der Waals surface area contributed by atoms with Gasteiger partial charge in [-0.3, -0.25) is 4.79 Å². The molecule has 0 aromatic carbocycles. The van der Waals surface area contributed by atoms with Gasteiger partial charge in [0.2, 0.25) is 17.9 Å². The van der Waals surface area contributed by atoms with Gasteiger partial charge in [-0.15, -0.1) is 0 Å².